The lowest BCUT2D eigenvalue weighted by molar-refractivity contribution is -0.140. The van der Waals surface area contributed by atoms with Crippen LogP contribution in [0.15, 0.2) is 78.9 Å². The summed E-state index contributed by atoms with van der Waals surface area (Å²) in [6.07, 6.45) is 9.58. The summed E-state index contributed by atoms with van der Waals surface area (Å²) in [7, 11) is -3.89. The second-order valence-electron chi connectivity index (χ2n) is 14.1. The van der Waals surface area contributed by atoms with E-state index in [0.717, 1.165) is 33.9 Å². The highest BCUT2D eigenvalue weighted by Gasteiger charge is 2.51. The van der Waals surface area contributed by atoms with Gasteiger partial charge in [-0.1, -0.05) is 67.6 Å². The third kappa shape index (κ3) is 7.40. The molecular weight excluding hydrogens is 614 g/mol. The molecule has 0 aliphatic heterocycles. The maximum absolute atomic E-state index is 15.0. The summed E-state index contributed by atoms with van der Waals surface area (Å²) in [6, 6.07) is 22.2. The zero-order chi connectivity index (χ0) is 33.2. The number of anilines is 1. The van der Waals surface area contributed by atoms with Gasteiger partial charge in [-0.15, -0.1) is 0 Å². The van der Waals surface area contributed by atoms with E-state index in [2.05, 4.69) is 17.4 Å². The minimum absolute atomic E-state index is 0.159. The lowest BCUT2D eigenvalue weighted by Gasteiger charge is -2.57. The maximum atomic E-state index is 15.0. The molecule has 47 heavy (non-hydrogen) atoms. The molecule has 4 saturated carbocycles. The maximum Gasteiger partial charge on any atom is 0.244 e. The van der Waals surface area contributed by atoms with Crippen LogP contribution >= 0.6 is 0 Å². The molecule has 250 valence electrons. The molecule has 2 amide bonds. The summed E-state index contributed by atoms with van der Waals surface area (Å²) < 4.78 is 42.6. The average Bonchev–Trinajstić information content (AvgIpc) is 3.04. The summed E-state index contributed by atoms with van der Waals surface area (Å²) in [5, 5.41) is 2.91. The highest BCUT2D eigenvalue weighted by molar-refractivity contribution is 7.92. The largest absolute Gasteiger partial charge is 0.354 e. The van der Waals surface area contributed by atoms with Crippen molar-refractivity contribution in [2.75, 3.05) is 23.7 Å². The van der Waals surface area contributed by atoms with Crippen LogP contribution in [0.5, 0.6) is 0 Å². The normalized spacial score (nSPS) is 23.7. The van der Waals surface area contributed by atoms with Gasteiger partial charge in [0.1, 0.15) is 18.4 Å². The molecule has 1 unspecified atom stereocenters. The summed E-state index contributed by atoms with van der Waals surface area (Å²) in [4.78, 5) is 29.3. The Labute approximate surface area is 278 Å². The van der Waals surface area contributed by atoms with Crippen molar-refractivity contribution in [2.45, 2.75) is 76.3 Å². The number of nitrogens with zero attached hydrogens (tertiary/aromatic N) is 2. The number of halogens is 1. The first-order valence-corrected chi connectivity index (χ1v) is 18.8. The molecule has 7 nitrogen and oxygen atoms in total. The van der Waals surface area contributed by atoms with Gasteiger partial charge in [0, 0.05) is 25.1 Å². The molecule has 0 radical (unpaired) electrons. The molecular formula is C38H46FN3O4S. The van der Waals surface area contributed by atoms with Gasteiger partial charge in [0.25, 0.3) is 0 Å². The lowest BCUT2D eigenvalue weighted by Crippen LogP contribution is -2.53. The van der Waals surface area contributed by atoms with E-state index < -0.39 is 34.3 Å². The van der Waals surface area contributed by atoms with Crippen LogP contribution in [0.25, 0.3) is 0 Å². The van der Waals surface area contributed by atoms with E-state index in [1.807, 2.05) is 49.4 Å². The van der Waals surface area contributed by atoms with Crippen LogP contribution < -0.4 is 9.62 Å². The van der Waals surface area contributed by atoms with Crippen molar-refractivity contribution in [1.82, 2.24) is 10.2 Å². The fraction of sp³-hybridized carbons (Fsp3) is 0.474. The monoisotopic (exact) mass is 659 g/mol. The number of amides is 2. The van der Waals surface area contributed by atoms with Crippen molar-refractivity contribution in [3.05, 3.63) is 101 Å². The van der Waals surface area contributed by atoms with Crippen LogP contribution in [0.1, 0.15) is 68.6 Å². The Morgan fingerprint density at radius 1 is 0.894 bits per heavy atom. The second-order valence-corrected chi connectivity index (χ2v) is 16.0. The van der Waals surface area contributed by atoms with E-state index in [1.165, 1.54) is 55.1 Å². The van der Waals surface area contributed by atoms with Gasteiger partial charge >= 0.3 is 0 Å². The van der Waals surface area contributed by atoms with E-state index >= 15 is 0 Å². The van der Waals surface area contributed by atoms with Gasteiger partial charge in [-0.05, 0) is 97.4 Å². The molecule has 7 rings (SSSR count). The van der Waals surface area contributed by atoms with Gasteiger partial charge in [0.05, 0.1) is 11.9 Å². The van der Waals surface area contributed by atoms with E-state index in [9.17, 15) is 22.4 Å². The Morgan fingerprint density at radius 2 is 1.49 bits per heavy atom. The van der Waals surface area contributed by atoms with Crippen LogP contribution in [-0.4, -0.2) is 50.5 Å². The van der Waals surface area contributed by atoms with Crippen LogP contribution in [0.4, 0.5) is 10.1 Å². The quantitative estimate of drug-likeness (QED) is 0.236. The summed E-state index contributed by atoms with van der Waals surface area (Å²) in [5.74, 6) is 0.889. The molecule has 3 aromatic carbocycles. The molecule has 0 spiro atoms. The van der Waals surface area contributed by atoms with Crippen molar-refractivity contribution in [3.8, 4) is 0 Å². The minimum atomic E-state index is -3.89. The Kier molecular flexibility index (Phi) is 9.74. The first-order valence-electron chi connectivity index (χ1n) is 17.0. The van der Waals surface area contributed by atoms with Gasteiger partial charge < -0.3 is 10.2 Å². The molecule has 4 aliphatic carbocycles. The molecule has 4 bridgehead atoms. The van der Waals surface area contributed by atoms with Gasteiger partial charge in [-0.3, -0.25) is 13.9 Å². The molecule has 4 fully saturated rings. The third-order valence-electron chi connectivity index (χ3n) is 10.6. The van der Waals surface area contributed by atoms with Crippen molar-refractivity contribution < 1.29 is 22.4 Å². The molecule has 1 atom stereocenters. The second kappa shape index (κ2) is 13.8. The number of carbonyl (C=O) groups is 2. The molecule has 3 aromatic rings. The number of benzene rings is 3. The SMILES string of the molecule is CCCNC(=O)C(Cc1ccccc1)N(Cc1ccccc1F)C(=O)CN(c1ccc(C23CC4CC(CC(C4)C2)C3)cc1)S(C)(=O)=O. The Morgan fingerprint density at radius 3 is 2.06 bits per heavy atom. The standard InChI is InChI=1S/C38H46FN3O4S/c1-3-17-40-37(44)35(21-27-9-5-4-6-10-27)41(25-31-11-7-8-12-34(31)39)36(43)26-42(47(2,45)46)33-15-13-32(14-16-33)38-22-28-18-29(23-38)20-30(19-28)24-38/h4-16,28-30,35H,3,17-26H2,1-2H3,(H,40,44). The molecule has 0 aromatic heterocycles. The topological polar surface area (TPSA) is 86.8 Å². The minimum Gasteiger partial charge on any atom is -0.354 e. The molecule has 4 aliphatic rings. The predicted octanol–water partition coefficient (Wildman–Crippen LogP) is 6.23. The highest BCUT2D eigenvalue weighted by Crippen LogP contribution is 2.60. The number of hydrogen-bond donors (Lipinski definition) is 1. The average molecular weight is 660 g/mol. The van der Waals surface area contributed by atoms with E-state index in [0.29, 0.717) is 18.7 Å². The number of hydrogen-bond acceptors (Lipinski definition) is 4. The Balaban J connectivity index is 1.30. The molecule has 0 saturated heterocycles. The van der Waals surface area contributed by atoms with Gasteiger partial charge in [0.2, 0.25) is 21.8 Å². The Hall–Kier alpha value is -3.72. The van der Waals surface area contributed by atoms with Crippen molar-refractivity contribution in [2.24, 2.45) is 17.8 Å². The fourth-order valence-corrected chi connectivity index (χ4v) is 9.64. The smallest absolute Gasteiger partial charge is 0.244 e. The number of carbonyl (C=O) groups excluding carboxylic acids is 2. The van der Waals surface area contributed by atoms with E-state index in [4.69, 9.17) is 0 Å². The third-order valence-corrected chi connectivity index (χ3v) is 11.7. The summed E-state index contributed by atoms with van der Waals surface area (Å²) >= 11 is 0. The summed E-state index contributed by atoms with van der Waals surface area (Å²) in [5.41, 5.74) is 2.89. The van der Waals surface area contributed by atoms with Crippen molar-refractivity contribution >= 4 is 27.5 Å². The van der Waals surface area contributed by atoms with Gasteiger partial charge in [0.15, 0.2) is 0 Å². The Bertz CT molecular complexity index is 1640. The van der Waals surface area contributed by atoms with E-state index in [-0.39, 0.29) is 29.9 Å². The molecule has 1 N–H and O–H groups in total. The van der Waals surface area contributed by atoms with Crippen LogP contribution in [0.2, 0.25) is 0 Å². The fourth-order valence-electron chi connectivity index (χ4n) is 8.79. The first kappa shape index (κ1) is 33.2. The number of rotatable bonds is 13. The summed E-state index contributed by atoms with van der Waals surface area (Å²) in [6.45, 7) is 1.64. The predicted molar refractivity (Wildman–Crippen MR) is 183 cm³/mol. The zero-order valence-corrected chi connectivity index (χ0v) is 28.2. The molecule has 9 heteroatoms. The number of sulfonamides is 1. The number of nitrogens with one attached hydrogen (secondary N) is 1. The van der Waals surface area contributed by atoms with Crippen molar-refractivity contribution in [3.63, 3.8) is 0 Å². The van der Waals surface area contributed by atoms with Crippen LogP contribution in [-0.2, 0) is 38.0 Å². The van der Waals surface area contributed by atoms with Gasteiger partial charge in [-0.2, -0.15) is 0 Å². The van der Waals surface area contributed by atoms with Crippen molar-refractivity contribution in [1.29, 1.82) is 0 Å². The first-order chi connectivity index (χ1) is 22.5. The molecule has 0 heterocycles. The van der Waals surface area contributed by atoms with E-state index in [1.54, 1.807) is 18.2 Å². The van der Waals surface area contributed by atoms with Gasteiger partial charge in [-0.25, -0.2) is 12.8 Å². The lowest BCUT2D eigenvalue weighted by atomic mass is 9.48. The zero-order valence-electron chi connectivity index (χ0n) is 27.4. The highest BCUT2D eigenvalue weighted by atomic mass is 32.2. The van der Waals surface area contributed by atoms with Crippen LogP contribution in [0.3, 0.4) is 0 Å². The van der Waals surface area contributed by atoms with Crippen LogP contribution in [0, 0.1) is 23.6 Å².